The highest BCUT2D eigenvalue weighted by atomic mass is 19.4. The van der Waals surface area contributed by atoms with Gasteiger partial charge in [0.2, 0.25) is 0 Å². The SMILES string of the molecule is OC1CN(C[C@@H]2CCN(c3ncccc3C(F)(F)F)C2)CC(O)C1O. The summed E-state index contributed by atoms with van der Waals surface area (Å²) in [5.74, 6) is 0.0596. The molecule has 140 valence electrons. The normalized spacial score (nSPS) is 31.5. The number of aromatic nitrogens is 1. The maximum absolute atomic E-state index is 13.1. The van der Waals surface area contributed by atoms with Gasteiger partial charge in [0, 0.05) is 38.9 Å². The minimum atomic E-state index is -4.45. The van der Waals surface area contributed by atoms with Crippen LogP contribution >= 0.6 is 0 Å². The highest BCUT2D eigenvalue weighted by Crippen LogP contribution is 2.36. The van der Waals surface area contributed by atoms with Gasteiger partial charge in [-0.25, -0.2) is 4.98 Å². The van der Waals surface area contributed by atoms with Crippen molar-refractivity contribution in [3.05, 3.63) is 23.9 Å². The fourth-order valence-electron chi connectivity index (χ4n) is 3.63. The highest BCUT2D eigenvalue weighted by molar-refractivity contribution is 5.49. The van der Waals surface area contributed by atoms with Crippen molar-refractivity contribution < 1.29 is 28.5 Å². The van der Waals surface area contributed by atoms with Crippen molar-refractivity contribution >= 4 is 5.82 Å². The number of piperidine rings is 1. The first-order chi connectivity index (χ1) is 11.8. The molecule has 1 aromatic heterocycles. The minimum Gasteiger partial charge on any atom is -0.389 e. The van der Waals surface area contributed by atoms with Crippen LogP contribution in [0.5, 0.6) is 0 Å². The Balaban J connectivity index is 1.63. The number of β-amino-alcohol motifs (C(OH)–C–C–N with tert-alkyl or cyclic N) is 2. The summed E-state index contributed by atoms with van der Waals surface area (Å²) in [6.45, 7) is 1.95. The van der Waals surface area contributed by atoms with Crippen molar-refractivity contribution in [2.45, 2.75) is 30.9 Å². The smallest absolute Gasteiger partial charge is 0.389 e. The molecule has 0 spiro atoms. The molecular weight excluding hydrogens is 339 g/mol. The van der Waals surface area contributed by atoms with Crippen LogP contribution in [0.15, 0.2) is 18.3 Å². The second-order valence-electron chi connectivity index (χ2n) is 6.82. The lowest BCUT2D eigenvalue weighted by Crippen LogP contribution is -2.56. The molecule has 2 fully saturated rings. The molecule has 25 heavy (non-hydrogen) atoms. The molecule has 1 aromatic rings. The van der Waals surface area contributed by atoms with E-state index in [1.807, 2.05) is 4.90 Å². The Morgan fingerprint density at radius 1 is 1.12 bits per heavy atom. The highest BCUT2D eigenvalue weighted by Gasteiger charge is 2.38. The Morgan fingerprint density at radius 2 is 1.80 bits per heavy atom. The van der Waals surface area contributed by atoms with Crippen LogP contribution in [0.2, 0.25) is 0 Å². The third kappa shape index (κ3) is 4.05. The predicted octanol–water partition coefficient (Wildman–Crippen LogP) is 0.325. The fraction of sp³-hybridized carbons (Fsp3) is 0.688. The number of hydrogen-bond donors (Lipinski definition) is 3. The molecule has 2 saturated heterocycles. The molecule has 3 N–H and O–H groups in total. The molecule has 0 aromatic carbocycles. The number of alkyl halides is 3. The Hall–Kier alpha value is -1.42. The first kappa shape index (κ1) is 18.4. The Labute approximate surface area is 143 Å². The topological polar surface area (TPSA) is 80.1 Å². The Morgan fingerprint density at radius 3 is 2.44 bits per heavy atom. The van der Waals surface area contributed by atoms with E-state index in [-0.39, 0.29) is 24.8 Å². The van der Waals surface area contributed by atoms with Gasteiger partial charge in [-0.05, 0) is 24.5 Å². The van der Waals surface area contributed by atoms with Crippen molar-refractivity contribution in [1.82, 2.24) is 9.88 Å². The van der Waals surface area contributed by atoms with E-state index >= 15 is 0 Å². The lowest BCUT2D eigenvalue weighted by molar-refractivity contribution is -0.137. The van der Waals surface area contributed by atoms with Crippen molar-refractivity contribution in [2.24, 2.45) is 5.92 Å². The van der Waals surface area contributed by atoms with Crippen LogP contribution < -0.4 is 4.90 Å². The quantitative estimate of drug-likeness (QED) is 0.720. The Kier molecular flexibility index (Phi) is 5.19. The van der Waals surface area contributed by atoms with E-state index in [4.69, 9.17) is 0 Å². The number of aliphatic hydroxyl groups is 3. The van der Waals surface area contributed by atoms with E-state index in [9.17, 15) is 28.5 Å². The standard InChI is InChI=1S/C16H22F3N3O3/c17-16(18,19)11-2-1-4-20-15(11)22-5-3-10(7-22)6-21-8-12(23)14(25)13(24)9-21/h1-2,4,10,12-14,23-25H,3,5-9H2/t10-,12?,13?,14?/m0/s1. The molecule has 2 unspecified atom stereocenters. The van der Waals surface area contributed by atoms with Gasteiger partial charge in [-0.3, -0.25) is 4.90 Å². The zero-order chi connectivity index (χ0) is 18.2. The van der Waals surface area contributed by atoms with Gasteiger partial charge in [0.15, 0.2) is 0 Å². The van der Waals surface area contributed by atoms with E-state index in [1.165, 1.54) is 12.3 Å². The average molecular weight is 361 g/mol. The van der Waals surface area contributed by atoms with Crippen LogP contribution in [0.3, 0.4) is 0 Å². The molecule has 2 aliphatic rings. The molecule has 0 amide bonds. The van der Waals surface area contributed by atoms with E-state index in [2.05, 4.69) is 4.98 Å². The first-order valence-electron chi connectivity index (χ1n) is 8.29. The molecule has 0 saturated carbocycles. The number of nitrogens with zero attached hydrogens (tertiary/aromatic N) is 3. The predicted molar refractivity (Wildman–Crippen MR) is 84.0 cm³/mol. The Bertz CT molecular complexity index is 589. The van der Waals surface area contributed by atoms with Gasteiger partial charge < -0.3 is 20.2 Å². The third-order valence-corrected chi connectivity index (χ3v) is 4.87. The molecule has 3 rings (SSSR count). The van der Waals surface area contributed by atoms with Gasteiger partial charge in [-0.1, -0.05) is 0 Å². The molecule has 3 atom stereocenters. The monoisotopic (exact) mass is 361 g/mol. The minimum absolute atomic E-state index is 0.0494. The van der Waals surface area contributed by atoms with Crippen LogP contribution in [0.25, 0.3) is 0 Å². The average Bonchev–Trinajstić information content (AvgIpc) is 3.00. The summed E-state index contributed by atoms with van der Waals surface area (Å²) in [6, 6.07) is 2.32. The molecular formula is C16H22F3N3O3. The molecule has 9 heteroatoms. The molecule has 6 nitrogen and oxygen atoms in total. The lowest BCUT2D eigenvalue weighted by atomic mass is 10.00. The summed E-state index contributed by atoms with van der Waals surface area (Å²) in [6.07, 6.45) is -5.57. The van der Waals surface area contributed by atoms with Gasteiger partial charge >= 0.3 is 6.18 Å². The van der Waals surface area contributed by atoms with E-state index in [0.29, 0.717) is 26.1 Å². The van der Waals surface area contributed by atoms with Gasteiger partial charge in [0.1, 0.15) is 11.9 Å². The largest absolute Gasteiger partial charge is 0.419 e. The van der Waals surface area contributed by atoms with E-state index in [0.717, 1.165) is 6.07 Å². The molecule has 0 radical (unpaired) electrons. The third-order valence-electron chi connectivity index (χ3n) is 4.87. The number of hydrogen-bond acceptors (Lipinski definition) is 6. The van der Waals surface area contributed by atoms with Crippen LogP contribution in [-0.4, -0.2) is 76.2 Å². The summed E-state index contributed by atoms with van der Waals surface area (Å²) in [4.78, 5) is 7.41. The van der Waals surface area contributed by atoms with Crippen LogP contribution in [0.4, 0.5) is 19.0 Å². The summed E-state index contributed by atoms with van der Waals surface area (Å²) in [5.41, 5.74) is -0.734. The second kappa shape index (κ2) is 7.06. The summed E-state index contributed by atoms with van der Waals surface area (Å²) in [5, 5.41) is 29.1. The van der Waals surface area contributed by atoms with E-state index < -0.39 is 30.1 Å². The number of likely N-dealkylation sites (tertiary alicyclic amines) is 1. The first-order valence-corrected chi connectivity index (χ1v) is 8.29. The second-order valence-corrected chi connectivity index (χ2v) is 6.82. The number of pyridine rings is 1. The van der Waals surface area contributed by atoms with Crippen molar-refractivity contribution in [2.75, 3.05) is 37.6 Å². The van der Waals surface area contributed by atoms with Gasteiger partial charge in [-0.15, -0.1) is 0 Å². The van der Waals surface area contributed by atoms with Crippen molar-refractivity contribution in [3.63, 3.8) is 0 Å². The number of rotatable bonds is 3. The molecule has 3 heterocycles. The molecule has 2 aliphatic heterocycles. The van der Waals surface area contributed by atoms with Crippen LogP contribution in [0.1, 0.15) is 12.0 Å². The fourth-order valence-corrected chi connectivity index (χ4v) is 3.63. The number of aliphatic hydroxyl groups excluding tert-OH is 3. The van der Waals surface area contributed by atoms with Crippen LogP contribution in [0, 0.1) is 5.92 Å². The van der Waals surface area contributed by atoms with E-state index in [1.54, 1.807) is 4.90 Å². The lowest BCUT2D eigenvalue weighted by Gasteiger charge is -2.38. The maximum atomic E-state index is 13.1. The number of halogens is 3. The van der Waals surface area contributed by atoms with Crippen molar-refractivity contribution in [1.29, 1.82) is 0 Å². The molecule has 0 bridgehead atoms. The maximum Gasteiger partial charge on any atom is 0.419 e. The van der Waals surface area contributed by atoms with Gasteiger partial charge in [-0.2, -0.15) is 13.2 Å². The zero-order valence-corrected chi connectivity index (χ0v) is 13.6. The zero-order valence-electron chi connectivity index (χ0n) is 13.6. The molecule has 0 aliphatic carbocycles. The van der Waals surface area contributed by atoms with Crippen molar-refractivity contribution in [3.8, 4) is 0 Å². The summed E-state index contributed by atoms with van der Waals surface area (Å²) in [7, 11) is 0. The number of anilines is 1. The summed E-state index contributed by atoms with van der Waals surface area (Å²) < 4.78 is 39.4. The van der Waals surface area contributed by atoms with Crippen LogP contribution in [-0.2, 0) is 6.18 Å². The van der Waals surface area contributed by atoms with Gasteiger partial charge in [0.05, 0.1) is 17.8 Å². The van der Waals surface area contributed by atoms with Gasteiger partial charge in [0.25, 0.3) is 0 Å². The summed E-state index contributed by atoms with van der Waals surface area (Å²) >= 11 is 0.